The van der Waals surface area contributed by atoms with E-state index in [4.69, 9.17) is 4.74 Å². The fourth-order valence-electron chi connectivity index (χ4n) is 1.26. The van der Waals surface area contributed by atoms with Gasteiger partial charge in [0.2, 0.25) is 0 Å². The van der Waals surface area contributed by atoms with Crippen LogP contribution in [0.15, 0.2) is 18.2 Å². The predicted molar refractivity (Wildman–Crippen MR) is 61.9 cm³/mol. The average Bonchev–Trinajstić information content (AvgIpc) is 2.34. The van der Waals surface area contributed by atoms with Crippen molar-refractivity contribution in [3.63, 3.8) is 0 Å². The van der Waals surface area contributed by atoms with Gasteiger partial charge >= 0.3 is 0 Å². The highest BCUT2D eigenvalue weighted by molar-refractivity contribution is 5.98. The van der Waals surface area contributed by atoms with E-state index in [1.54, 1.807) is 6.92 Å². The second-order valence-corrected chi connectivity index (χ2v) is 3.67. The van der Waals surface area contributed by atoms with Gasteiger partial charge in [-0.2, -0.15) is 0 Å². The molecule has 6 nitrogen and oxygen atoms in total. The Hall–Kier alpha value is -2.02. The molecule has 98 valence electrons. The Kier molecular flexibility index (Phi) is 4.73. The quantitative estimate of drug-likeness (QED) is 0.639. The van der Waals surface area contributed by atoms with Gasteiger partial charge in [0.1, 0.15) is 11.4 Å². The summed E-state index contributed by atoms with van der Waals surface area (Å²) in [7, 11) is 1.47. The van der Waals surface area contributed by atoms with Crippen molar-refractivity contribution in [2.75, 3.05) is 13.7 Å². The van der Waals surface area contributed by atoms with Crippen LogP contribution in [0.25, 0.3) is 0 Å². The second-order valence-electron chi connectivity index (χ2n) is 3.67. The molecule has 0 aliphatic carbocycles. The number of benzene rings is 1. The number of nitrogens with one attached hydrogen (secondary N) is 1. The molecule has 0 bridgehead atoms. The number of rotatable bonds is 5. The molecular formula is C11H13FN2O4. The summed E-state index contributed by atoms with van der Waals surface area (Å²) in [5.74, 6) is -1.41. The normalized spacial score (nSPS) is 11.9. The molecule has 1 atom stereocenters. The SMILES string of the molecule is COC(C)CNC(=O)c1cc(F)ccc1[N+](=O)[O-]. The molecule has 1 N–H and O–H groups in total. The maximum atomic E-state index is 13.0. The largest absolute Gasteiger partial charge is 0.380 e. The number of carbonyl (C=O) groups excluding carboxylic acids is 1. The zero-order valence-electron chi connectivity index (χ0n) is 9.97. The van der Waals surface area contributed by atoms with Crippen molar-refractivity contribution in [3.8, 4) is 0 Å². The van der Waals surface area contributed by atoms with E-state index in [1.165, 1.54) is 7.11 Å². The van der Waals surface area contributed by atoms with Gasteiger partial charge < -0.3 is 10.1 Å². The summed E-state index contributed by atoms with van der Waals surface area (Å²) < 4.78 is 17.9. The highest BCUT2D eigenvalue weighted by Gasteiger charge is 2.20. The van der Waals surface area contributed by atoms with Crippen molar-refractivity contribution in [1.82, 2.24) is 5.32 Å². The molecule has 0 aliphatic heterocycles. The summed E-state index contributed by atoms with van der Waals surface area (Å²) in [6, 6.07) is 2.74. The first-order valence-corrected chi connectivity index (χ1v) is 5.20. The number of hydrogen-bond donors (Lipinski definition) is 1. The van der Waals surface area contributed by atoms with Crippen LogP contribution in [0.3, 0.4) is 0 Å². The summed E-state index contributed by atoms with van der Waals surface area (Å²) in [6.45, 7) is 1.91. The number of methoxy groups -OCH3 is 1. The first kappa shape index (κ1) is 14.0. The number of nitrogens with zero attached hydrogens (tertiary/aromatic N) is 1. The fourth-order valence-corrected chi connectivity index (χ4v) is 1.26. The topological polar surface area (TPSA) is 81.5 Å². The Labute approximate surface area is 103 Å². The van der Waals surface area contributed by atoms with Crippen LogP contribution in [0.5, 0.6) is 0 Å². The van der Waals surface area contributed by atoms with Crippen LogP contribution < -0.4 is 5.32 Å². The van der Waals surface area contributed by atoms with E-state index in [0.717, 1.165) is 18.2 Å². The number of hydrogen-bond acceptors (Lipinski definition) is 4. The minimum absolute atomic E-state index is 0.184. The van der Waals surface area contributed by atoms with Crippen LogP contribution in [0.1, 0.15) is 17.3 Å². The molecule has 0 heterocycles. The number of nitro groups is 1. The van der Waals surface area contributed by atoms with Crippen molar-refractivity contribution in [3.05, 3.63) is 39.7 Å². The molecule has 1 aromatic rings. The van der Waals surface area contributed by atoms with E-state index >= 15 is 0 Å². The molecule has 1 aromatic carbocycles. The highest BCUT2D eigenvalue weighted by atomic mass is 19.1. The van der Waals surface area contributed by atoms with E-state index in [0.29, 0.717) is 0 Å². The van der Waals surface area contributed by atoms with Gasteiger partial charge in [0, 0.05) is 19.7 Å². The van der Waals surface area contributed by atoms with Gasteiger partial charge in [-0.3, -0.25) is 14.9 Å². The van der Waals surface area contributed by atoms with Crippen molar-refractivity contribution in [2.45, 2.75) is 13.0 Å². The molecule has 0 fully saturated rings. The number of amides is 1. The monoisotopic (exact) mass is 256 g/mol. The smallest absolute Gasteiger partial charge is 0.282 e. The van der Waals surface area contributed by atoms with Gasteiger partial charge in [0.05, 0.1) is 11.0 Å². The summed E-state index contributed by atoms with van der Waals surface area (Å²) in [5, 5.41) is 13.1. The standard InChI is InChI=1S/C11H13FN2O4/c1-7(18-2)6-13-11(15)9-5-8(12)3-4-10(9)14(16)17/h3-5,7H,6H2,1-2H3,(H,13,15). The maximum Gasteiger partial charge on any atom is 0.282 e. The molecular weight excluding hydrogens is 243 g/mol. The molecule has 18 heavy (non-hydrogen) atoms. The third kappa shape index (κ3) is 3.49. The number of carbonyl (C=O) groups is 1. The van der Waals surface area contributed by atoms with Crippen molar-refractivity contribution in [2.24, 2.45) is 0 Å². The van der Waals surface area contributed by atoms with Crippen LogP contribution in [0, 0.1) is 15.9 Å². The summed E-state index contributed by atoms with van der Waals surface area (Å²) in [5.41, 5.74) is -0.734. The first-order valence-electron chi connectivity index (χ1n) is 5.20. The van der Waals surface area contributed by atoms with E-state index < -0.39 is 22.3 Å². The minimum Gasteiger partial charge on any atom is -0.380 e. The van der Waals surface area contributed by atoms with E-state index in [2.05, 4.69) is 5.32 Å². The van der Waals surface area contributed by atoms with E-state index in [1.807, 2.05) is 0 Å². The lowest BCUT2D eigenvalue weighted by molar-refractivity contribution is -0.385. The van der Waals surface area contributed by atoms with E-state index in [-0.39, 0.29) is 18.2 Å². The molecule has 0 radical (unpaired) electrons. The van der Waals surface area contributed by atoms with Gasteiger partial charge in [0.15, 0.2) is 0 Å². The molecule has 1 rings (SSSR count). The van der Waals surface area contributed by atoms with Crippen molar-refractivity contribution < 1.29 is 18.8 Å². The number of halogens is 1. The minimum atomic E-state index is -0.728. The first-order chi connectivity index (χ1) is 8.45. The third-order valence-electron chi connectivity index (χ3n) is 2.35. The van der Waals surface area contributed by atoms with Gasteiger partial charge in [0.25, 0.3) is 11.6 Å². The van der Waals surface area contributed by atoms with Gasteiger partial charge in [-0.15, -0.1) is 0 Å². The van der Waals surface area contributed by atoms with Gasteiger partial charge in [-0.1, -0.05) is 0 Å². The Morgan fingerprint density at radius 2 is 2.28 bits per heavy atom. The Balaban J connectivity index is 2.90. The average molecular weight is 256 g/mol. The van der Waals surface area contributed by atoms with Crippen LogP contribution in [-0.4, -0.2) is 30.6 Å². The third-order valence-corrected chi connectivity index (χ3v) is 2.35. The highest BCUT2D eigenvalue weighted by Crippen LogP contribution is 2.19. The van der Waals surface area contributed by atoms with Crippen LogP contribution >= 0.6 is 0 Å². The molecule has 0 spiro atoms. The zero-order valence-corrected chi connectivity index (χ0v) is 9.97. The Bertz CT molecular complexity index is 464. The molecule has 0 saturated carbocycles. The summed E-state index contributed by atoms with van der Waals surface area (Å²) >= 11 is 0. The van der Waals surface area contributed by atoms with Crippen molar-refractivity contribution >= 4 is 11.6 Å². The molecule has 1 unspecified atom stereocenters. The van der Waals surface area contributed by atoms with Crippen LogP contribution in [0.2, 0.25) is 0 Å². The number of nitro benzene ring substituents is 1. The summed E-state index contributed by atoms with van der Waals surface area (Å²) in [4.78, 5) is 21.7. The maximum absolute atomic E-state index is 13.0. The number of ether oxygens (including phenoxy) is 1. The predicted octanol–water partition coefficient (Wildman–Crippen LogP) is 1.50. The van der Waals surface area contributed by atoms with Crippen molar-refractivity contribution in [1.29, 1.82) is 0 Å². The lowest BCUT2D eigenvalue weighted by atomic mass is 10.1. The lowest BCUT2D eigenvalue weighted by Crippen LogP contribution is -2.32. The lowest BCUT2D eigenvalue weighted by Gasteiger charge is -2.10. The Morgan fingerprint density at radius 3 is 2.83 bits per heavy atom. The van der Waals surface area contributed by atoms with Crippen LogP contribution in [0.4, 0.5) is 10.1 Å². The molecule has 0 aliphatic rings. The molecule has 1 amide bonds. The Morgan fingerprint density at radius 1 is 1.61 bits per heavy atom. The van der Waals surface area contributed by atoms with Crippen LogP contribution in [-0.2, 0) is 4.74 Å². The summed E-state index contributed by atoms with van der Waals surface area (Å²) in [6.07, 6.45) is -0.235. The molecule has 0 saturated heterocycles. The van der Waals surface area contributed by atoms with Gasteiger partial charge in [-0.05, 0) is 19.1 Å². The fraction of sp³-hybridized carbons (Fsp3) is 0.364. The van der Waals surface area contributed by atoms with Gasteiger partial charge in [-0.25, -0.2) is 4.39 Å². The second kappa shape index (κ2) is 6.06. The zero-order chi connectivity index (χ0) is 13.7. The molecule has 0 aromatic heterocycles. The van der Waals surface area contributed by atoms with E-state index in [9.17, 15) is 19.3 Å². The molecule has 7 heteroatoms.